The number of nitrogens with zero attached hydrogens (tertiary/aromatic N) is 2. The molecule has 1 aromatic heterocycles. The second-order valence-electron chi connectivity index (χ2n) is 1.73. The van der Waals surface area contributed by atoms with Gasteiger partial charge in [-0.15, -0.1) is 0 Å². The maximum Gasteiger partial charge on any atom is 0.255 e. The van der Waals surface area contributed by atoms with E-state index in [1.54, 1.807) is 0 Å². The summed E-state index contributed by atoms with van der Waals surface area (Å²) in [7, 11) is 0. The van der Waals surface area contributed by atoms with Crippen LogP contribution in [0.3, 0.4) is 0 Å². The molecule has 0 aromatic carbocycles. The minimum Gasteiger partial charge on any atom is -0.275 e. The second-order valence-corrected chi connectivity index (χ2v) is 2.85. The zero-order valence-electron chi connectivity index (χ0n) is 5.74. The number of carbonyl (C=O) groups is 1. The van der Waals surface area contributed by atoms with E-state index < -0.39 is 5.24 Å². The van der Waals surface area contributed by atoms with Crippen LogP contribution in [0.15, 0.2) is 17.6 Å². The van der Waals surface area contributed by atoms with Crippen LogP contribution in [0.25, 0.3) is 0 Å². The Morgan fingerprint density at radius 1 is 1.55 bits per heavy atom. The van der Waals surface area contributed by atoms with Crippen molar-refractivity contribution < 1.29 is 4.79 Å². The van der Waals surface area contributed by atoms with Crippen molar-refractivity contribution in [3.05, 3.63) is 18.0 Å². The minimum absolute atomic E-state index is 0.324. The monoisotopic (exact) mass is 188 g/mol. The number of hydrogen-bond donors (Lipinski definition) is 0. The predicted molar refractivity (Wildman–Crippen MR) is 44.0 cm³/mol. The van der Waals surface area contributed by atoms with Crippen molar-refractivity contribution in [3.63, 3.8) is 0 Å². The maximum absolute atomic E-state index is 10.5. The molecule has 0 radical (unpaired) electrons. The van der Waals surface area contributed by atoms with E-state index in [0.29, 0.717) is 10.7 Å². The van der Waals surface area contributed by atoms with Crippen LogP contribution in [0.4, 0.5) is 0 Å². The highest BCUT2D eigenvalue weighted by Crippen LogP contribution is 2.07. The van der Waals surface area contributed by atoms with Crippen molar-refractivity contribution in [3.8, 4) is 0 Å². The third-order valence-corrected chi connectivity index (χ3v) is 1.83. The van der Waals surface area contributed by atoms with Gasteiger partial charge in [0, 0.05) is 12.4 Å². The number of thioether (sulfide) groups is 1. The van der Waals surface area contributed by atoms with Crippen molar-refractivity contribution in [2.75, 3.05) is 6.26 Å². The fraction of sp³-hybridized carbons (Fsp3) is 0.167. The molecule has 3 nitrogen and oxygen atoms in total. The van der Waals surface area contributed by atoms with Gasteiger partial charge in [-0.3, -0.25) is 4.79 Å². The normalized spacial score (nSPS) is 9.64. The van der Waals surface area contributed by atoms with Crippen molar-refractivity contribution >= 4 is 28.6 Å². The minimum atomic E-state index is -0.530. The van der Waals surface area contributed by atoms with Gasteiger partial charge >= 0.3 is 0 Å². The summed E-state index contributed by atoms with van der Waals surface area (Å²) in [5.41, 5.74) is 0.324. The Balaban J connectivity index is 2.91. The predicted octanol–water partition coefficient (Wildman–Crippen LogP) is 1.58. The van der Waals surface area contributed by atoms with Crippen molar-refractivity contribution in [2.24, 2.45) is 0 Å². The highest BCUT2D eigenvalue weighted by Gasteiger charge is 2.01. The zero-order chi connectivity index (χ0) is 8.27. The quantitative estimate of drug-likeness (QED) is 0.402. The van der Waals surface area contributed by atoms with Gasteiger partial charge in [-0.2, -0.15) is 0 Å². The molecule has 0 aliphatic carbocycles. The number of hydrogen-bond acceptors (Lipinski definition) is 4. The Morgan fingerprint density at radius 3 is 2.45 bits per heavy atom. The van der Waals surface area contributed by atoms with Gasteiger partial charge in [0.2, 0.25) is 0 Å². The van der Waals surface area contributed by atoms with E-state index in [-0.39, 0.29) is 0 Å². The molecule has 0 aliphatic rings. The molecule has 1 aromatic rings. The van der Waals surface area contributed by atoms with Gasteiger partial charge in [-0.05, 0) is 17.9 Å². The maximum atomic E-state index is 10.5. The molecule has 5 heteroatoms. The summed E-state index contributed by atoms with van der Waals surface area (Å²) in [5, 5.41) is 0.101. The fourth-order valence-electron chi connectivity index (χ4n) is 0.523. The van der Waals surface area contributed by atoms with E-state index in [2.05, 4.69) is 9.97 Å². The SMILES string of the molecule is CSc1ncc(C(=O)Cl)cn1. The van der Waals surface area contributed by atoms with Crippen molar-refractivity contribution in [1.82, 2.24) is 9.97 Å². The Morgan fingerprint density at radius 2 is 2.09 bits per heavy atom. The summed E-state index contributed by atoms with van der Waals surface area (Å²) in [4.78, 5) is 18.3. The first-order chi connectivity index (χ1) is 5.24. The molecule has 0 unspecified atom stereocenters. The zero-order valence-corrected chi connectivity index (χ0v) is 7.32. The molecule has 0 spiro atoms. The highest BCUT2D eigenvalue weighted by molar-refractivity contribution is 7.98. The molecule has 0 amide bonds. The average molecular weight is 189 g/mol. The first-order valence-electron chi connectivity index (χ1n) is 2.80. The van der Waals surface area contributed by atoms with Gasteiger partial charge < -0.3 is 0 Å². The van der Waals surface area contributed by atoms with Crippen LogP contribution in [0, 0.1) is 0 Å². The summed E-state index contributed by atoms with van der Waals surface area (Å²) in [6, 6.07) is 0. The molecule has 0 saturated heterocycles. The van der Waals surface area contributed by atoms with Crippen LogP contribution in [-0.4, -0.2) is 21.5 Å². The Hall–Kier alpha value is -0.610. The molecule has 11 heavy (non-hydrogen) atoms. The van der Waals surface area contributed by atoms with Gasteiger partial charge in [0.25, 0.3) is 5.24 Å². The van der Waals surface area contributed by atoms with Gasteiger partial charge in [0.15, 0.2) is 5.16 Å². The molecular weight excluding hydrogens is 184 g/mol. The van der Waals surface area contributed by atoms with E-state index in [9.17, 15) is 4.79 Å². The topological polar surface area (TPSA) is 42.9 Å². The number of halogens is 1. The van der Waals surface area contributed by atoms with Gasteiger partial charge in [0.05, 0.1) is 5.56 Å². The van der Waals surface area contributed by atoms with E-state index in [1.807, 2.05) is 6.26 Å². The second kappa shape index (κ2) is 3.69. The van der Waals surface area contributed by atoms with Gasteiger partial charge in [0.1, 0.15) is 0 Å². The lowest BCUT2D eigenvalue weighted by Crippen LogP contribution is -1.93. The Bertz CT molecular complexity index is 262. The number of rotatable bonds is 2. The van der Waals surface area contributed by atoms with Crippen LogP contribution in [0.2, 0.25) is 0 Å². The third-order valence-electron chi connectivity index (χ3n) is 1.04. The molecule has 0 bridgehead atoms. The van der Waals surface area contributed by atoms with E-state index in [0.717, 1.165) is 0 Å². The van der Waals surface area contributed by atoms with E-state index in [1.165, 1.54) is 24.2 Å². The number of aromatic nitrogens is 2. The molecule has 1 rings (SSSR count). The standard InChI is InChI=1S/C6H5ClN2OS/c1-11-6-8-2-4(3-9-6)5(7)10/h2-3H,1H3. The molecular formula is C6H5ClN2OS. The summed E-state index contributed by atoms with van der Waals surface area (Å²) < 4.78 is 0. The van der Waals surface area contributed by atoms with Crippen LogP contribution in [0.1, 0.15) is 10.4 Å². The summed E-state index contributed by atoms with van der Waals surface area (Å²) in [6.45, 7) is 0. The van der Waals surface area contributed by atoms with Gasteiger partial charge in [-0.1, -0.05) is 11.8 Å². The lowest BCUT2D eigenvalue weighted by Gasteiger charge is -1.93. The largest absolute Gasteiger partial charge is 0.275 e. The summed E-state index contributed by atoms with van der Waals surface area (Å²) >= 11 is 6.59. The van der Waals surface area contributed by atoms with Crippen molar-refractivity contribution in [2.45, 2.75) is 5.16 Å². The molecule has 0 aliphatic heterocycles. The average Bonchev–Trinajstić information content (AvgIpc) is 2.05. The Labute approximate surface area is 73.2 Å². The fourth-order valence-corrected chi connectivity index (χ4v) is 0.937. The number of carbonyl (C=O) groups excluding carboxylic acids is 1. The van der Waals surface area contributed by atoms with E-state index >= 15 is 0 Å². The highest BCUT2D eigenvalue weighted by atomic mass is 35.5. The summed E-state index contributed by atoms with van der Waals surface area (Å²) in [5.74, 6) is 0. The molecule has 58 valence electrons. The van der Waals surface area contributed by atoms with Gasteiger partial charge in [-0.25, -0.2) is 9.97 Å². The van der Waals surface area contributed by atoms with E-state index in [4.69, 9.17) is 11.6 Å². The molecule has 1 heterocycles. The van der Waals surface area contributed by atoms with Crippen LogP contribution >= 0.6 is 23.4 Å². The smallest absolute Gasteiger partial charge is 0.255 e. The molecule has 0 saturated carbocycles. The molecule has 0 N–H and O–H groups in total. The lowest BCUT2D eigenvalue weighted by molar-refractivity contribution is 0.108. The molecule has 0 fully saturated rings. The first kappa shape index (κ1) is 8.49. The molecule has 0 atom stereocenters. The van der Waals surface area contributed by atoms with Crippen molar-refractivity contribution in [1.29, 1.82) is 0 Å². The van der Waals surface area contributed by atoms with Crippen LogP contribution in [0.5, 0.6) is 0 Å². The lowest BCUT2D eigenvalue weighted by atomic mass is 10.4. The summed E-state index contributed by atoms with van der Waals surface area (Å²) in [6.07, 6.45) is 4.68. The van der Waals surface area contributed by atoms with Crippen LogP contribution < -0.4 is 0 Å². The first-order valence-corrected chi connectivity index (χ1v) is 4.40. The third kappa shape index (κ3) is 2.17. The Kier molecular flexibility index (Phi) is 2.84. The van der Waals surface area contributed by atoms with Crippen LogP contribution in [-0.2, 0) is 0 Å².